The van der Waals surface area contributed by atoms with Crippen LogP contribution in [0.4, 0.5) is 0 Å². The molecule has 0 bridgehead atoms. The van der Waals surface area contributed by atoms with E-state index < -0.39 is 0 Å². The summed E-state index contributed by atoms with van der Waals surface area (Å²) in [5.74, 6) is 1.18. The first-order valence-electron chi connectivity index (χ1n) is 8.46. The van der Waals surface area contributed by atoms with Gasteiger partial charge in [0, 0.05) is 0 Å². The number of hydrogen-bond acceptors (Lipinski definition) is 5. The fourth-order valence-corrected chi connectivity index (χ4v) is 3.25. The van der Waals surface area contributed by atoms with Crippen LogP contribution in [0.2, 0.25) is 0 Å². The summed E-state index contributed by atoms with van der Waals surface area (Å²) in [6.45, 7) is 8.46. The molecular weight excluding hydrogens is 445 g/mol. The highest BCUT2D eigenvalue weighted by molar-refractivity contribution is 14.1. The Labute approximate surface area is 167 Å². The zero-order chi connectivity index (χ0) is 19.3. The normalized spacial score (nSPS) is 15.4. The Hall–Kier alpha value is -2.08. The van der Waals surface area contributed by atoms with Gasteiger partial charge in [-0.25, -0.2) is 5.01 Å². The third-order valence-electron chi connectivity index (χ3n) is 3.56. The number of carbonyl (C=O) groups excluding carboxylic acids is 1. The van der Waals surface area contributed by atoms with E-state index in [-0.39, 0.29) is 18.4 Å². The second-order valence-electron chi connectivity index (χ2n) is 6.01. The number of rotatable bonds is 7. The molecular formula is C19H22IN3O3. The number of hydrogen-bond donors (Lipinski definition) is 0. The van der Waals surface area contributed by atoms with Crippen molar-refractivity contribution in [2.75, 3.05) is 13.2 Å². The summed E-state index contributed by atoms with van der Waals surface area (Å²) in [6.07, 6.45) is 2.09. The van der Waals surface area contributed by atoms with Gasteiger partial charge in [-0.2, -0.15) is 10.4 Å². The zero-order valence-electron chi connectivity index (χ0n) is 15.4. The molecule has 0 saturated heterocycles. The van der Waals surface area contributed by atoms with Crippen LogP contribution in [0.15, 0.2) is 22.8 Å². The van der Waals surface area contributed by atoms with Crippen LogP contribution < -0.4 is 9.47 Å². The molecule has 0 aliphatic carbocycles. The first kappa shape index (κ1) is 20.2. The van der Waals surface area contributed by atoms with Crippen molar-refractivity contribution in [3.63, 3.8) is 0 Å². The van der Waals surface area contributed by atoms with E-state index in [1.165, 1.54) is 5.01 Å². The van der Waals surface area contributed by atoms with E-state index in [2.05, 4.69) is 27.7 Å². The van der Waals surface area contributed by atoms with Crippen LogP contribution in [0.25, 0.3) is 6.08 Å². The average Bonchev–Trinajstić information content (AvgIpc) is 2.83. The van der Waals surface area contributed by atoms with Gasteiger partial charge in [-0.05, 0) is 74.1 Å². The maximum absolute atomic E-state index is 12.5. The SMILES string of the molecule is CCOc1cc(/C=C2\C(=O)N(CCC#N)N=C2C)cc(I)c1OC(C)C. The summed E-state index contributed by atoms with van der Waals surface area (Å²) in [4.78, 5) is 12.5. The molecule has 1 aromatic carbocycles. The molecule has 1 aromatic rings. The second-order valence-corrected chi connectivity index (χ2v) is 7.17. The first-order chi connectivity index (χ1) is 12.4. The van der Waals surface area contributed by atoms with Crippen molar-refractivity contribution in [3.8, 4) is 17.6 Å². The summed E-state index contributed by atoms with van der Waals surface area (Å²) in [6, 6.07) is 5.85. The summed E-state index contributed by atoms with van der Waals surface area (Å²) in [5, 5.41) is 14.3. The van der Waals surface area contributed by atoms with Gasteiger partial charge >= 0.3 is 0 Å². The molecule has 7 heteroatoms. The number of carbonyl (C=O) groups is 1. The molecule has 0 saturated carbocycles. The lowest BCUT2D eigenvalue weighted by Gasteiger charge is -2.17. The molecule has 6 nitrogen and oxygen atoms in total. The minimum atomic E-state index is -0.187. The highest BCUT2D eigenvalue weighted by atomic mass is 127. The number of nitriles is 1. The topological polar surface area (TPSA) is 74.9 Å². The lowest BCUT2D eigenvalue weighted by Crippen LogP contribution is -2.22. The Bertz CT molecular complexity index is 794. The number of hydrazone groups is 1. The Morgan fingerprint density at radius 3 is 2.77 bits per heavy atom. The van der Waals surface area contributed by atoms with Gasteiger partial charge in [0.2, 0.25) is 0 Å². The van der Waals surface area contributed by atoms with Gasteiger partial charge in [-0.1, -0.05) is 0 Å². The molecule has 138 valence electrons. The third-order valence-corrected chi connectivity index (χ3v) is 4.36. The molecule has 0 spiro atoms. The van der Waals surface area contributed by atoms with Crippen molar-refractivity contribution in [3.05, 3.63) is 26.8 Å². The van der Waals surface area contributed by atoms with Crippen molar-refractivity contribution in [2.45, 2.75) is 40.2 Å². The zero-order valence-corrected chi connectivity index (χ0v) is 17.5. The first-order valence-corrected chi connectivity index (χ1v) is 9.54. The number of nitrogens with zero attached hydrogens (tertiary/aromatic N) is 3. The number of halogens is 1. The van der Waals surface area contributed by atoms with Crippen molar-refractivity contribution >= 4 is 40.3 Å². The van der Waals surface area contributed by atoms with Gasteiger partial charge < -0.3 is 9.47 Å². The molecule has 0 radical (unpaired) electrons. The lowest BCUT2D eigenvalue weighted by molar-refractivity contribution is -0.125. The quantitative estimate of drug-likeness (QED) is 0.449. The van der Waals surface area contributed by atoms with Gasteiger partial charge in [0.05, 0.1) is 46.6 Å². The highest BCUT2D eigenvalue weighted by Gasteiger charge is 2.27. The number of benzene rings is 1. The summed E-state index contributed by atoms with van der Waals surface area (Å²) < 4.78 is 12.5. The summed E-state index contributed by atoms with van der Waals surface area (Å²) >= 11 is 2.21. The lowest BCUT2D eigenvalue weighted by atomic mass is 10.1. The Balaban J connectivity index is 2.37. The van der Waals surface area contributed by atoms with E-state index in [4.69, 9.17) is 14.7 Å². The van der Waals surface area contributed by atoms with Crippen LogP contribution in [0, 0.1) is 14.9 Å². The maximum Gasteiger partial charge on any atom is 0.275 e. The third kappa shape index (κ3) is 4.75. The minimum absolute atomic E-state index is 0.0337. The Morgan fingerprint density at radius 2 is 2.15 bits per heavy atom. The Kier molecular flexibility index (Phi) is 7.03. The number of amides is 1. The molecule has 0 aromatic heterocycles. The largest absolute Gasteiger partial charge is 0.490 e. The number of ether oxygens (including phenoxy) is 2. The average molecular weight is 467 g/mol. The van der Waals surface area contributed by atoms with E-state index in [9.17, 15) is 4.79 Å². The fraction of sp³-hybridized carbons (Fsp3) is 0.421. The van der Waals surface area contributed by atoms with Gasteiger partial charge in [-0.3, -0.25) is 4.79 Å². The van der Waals surface area contributed by atoms with Crippen molar-refractivity contribution in [1.29, 1.82) is 5.26 Å². The Morgan fingerprint density at radius 1 is 1.42 bits per heavy atom. The second kappa shape index (κ2) is 9.03. The molecule has 0 unspecified atom stereocenters. The molecule has 1 amide bonds. The van der Waals surface area contributed by atoms with Gasteiger partial charge in [0.15, 0.2) is 11.5 Å². The van der Waals surface area contributed by atoms with E-state index in [0.29, 0.717) is 35.9 Å². The summed E-state index contributed by atoms with van der Waals surface area (Å²) in [5.41, 5.74) is 2.01. The van der Waals surface area contributed by atoms with E-state index in [1.54, 1.807) is 13.0 Å². The van der Waals surface area contributed by atoms with Crippen LogP contribution in [0.3, 0.4) is 0 Å². The predicted molar refractivity (Wildman–Crippen MR) is 109 cm³/mol. The van der Waals surface area contributed by atoms with Crippen molar-refractivity contribution in [1.82, 2.24) is 5.01 Å². The summed E-state index contributed by atoms with van der Waals surface area (Å²) in [7, 11) is 0. The molecule has 1 aliphatic heterocycles. The predicted octanol–water partition coefficient (Wildman–Crippen LogP) is 3.99. The van der Waals surface area contributed by atoms with Crippen LogP contribution in [0.5, 0.6) is 11.5 Å². The van der Waals surface area contributed by atoms with Crippen molar-refractivity contribution in [2.24, 2.45) is 5.10 Å². The molecule has 26 heavy (non-hydrogen) atoms. The van der Waals surface area contributed by atoms with E-state index in [0.717, 1.165) is 9.13 Å². The molecule has 1 aliphatic rings. The van der Waals surface area contributed by atoms with Crippen LogP contribution in [-0.4, -0.2) is 35.9 Å². The van der Waals surface area contributed by atoms with Crippen molar-refractivity contribution < 1.29 is 14.3 Å². The monoisotopic (exact) mass is 467 g/mol. The molecule has 0 fully saturated rings. The van der Waals surface area contributed by atoms with E-state index >= 15 is 0 Å². The highest BCUT2D eigenvalue weighted by Crippen LogP contribution is 2.36. The molecule has 1 heterocycles. The van der Waals surface area contributed by atoms with Gasteiger partial charge in [0.25, 0.3) is 5.91 Å². The van der Waals surface area contributed by atoms with E-state index in [1.807, 2.05) is 39.0 Å². The van der Waals surface area contributed by atoms with Gasteiger partial charge in [-0.15, -0.1) is 0 Å². The van der Waals surface area contributed by atoms with Crippen LogP contribution in [0.1, 0.15) is 39.7 Å². The smallest absolute Gasteiger partial charge is 0.275 e. The standard InChI is InChI=1S/C19H22IN3O3/c1-5-25-17-11-14(10-16(20)18(17)26-12(2)3)9-15-13(4)22-23(19(15)24)8-6-7-21/h9-12H,5-6,8H2,1-4H3/b15-9-. The molecule has 0 N–H and O–H groups in total. The molecule has 2 rings (SSSR count). The van der Waals surface area contributed by atoms with Crippen LogP contribution in [-0.2, 0) is 4.79 Å². The molecule has 0 atom stereocenters. The maximum atomic E-state index is 12.5. The minimum Gasteiger partial charge on any atom is -0.490 e. The fourth-order valence-electron chi connectivity index (χ4n) is 2.50. The van der Waals surface area contributed by atoms with Gasteiger partial charge in [0.1, 0.15) is 0 Å². The van der Waals surface area contributed by atoms with Crippen LogP contribution >= 0.6 is 22.6 Å².